The number of anilines is 1. The van der Waals surface area contributed by atoms with Gasteiger partial charge in [-0.05, 0) is 78.2 Å². The number of hydrogen-bond donors (Lipinski definition) is 1. The molecule has 0 bridgehead atoms. The van der Waals surface area contributed by atoms with Gasteiger partial charge in [-0.1, -0.05) is 42.5 Å². The Morgan fingerprint density at radius 3 is 2.42 bits per heavy atom. The molecule has 0 atom stereocenters. The van der Waals surface area contributed by atoms with Crippen molar-refractivity contribution in [2.75, 3.05) is 5.32 Å². The van der Waals surface area contributed by atoms with Crippen molar-refractivity contribution in [3.8, 4) is 17.1 Å². The molecule has 0 radical (unpaired) electrons. The number of nitrogens with one attached hydrogen (secondary N) is 1. The Balaban J connectivity index is 1.56. The Hall–Kier alpha value is -4.32. The number of aryl methyl sites for hydroxylation is 1. The van der Waals surface area contributed by atoms with E-state index in [1.807, 2.05) is 74.5 Å². The first kappa shape index (κ1) is 20.6. The van der Waals surface area contributed by atoms with Crippen molar-refractivity contribution in [3.05, 3.63) is 108 Å². The third-order valence-electron chi connectivity index (χ3n) is 5.72. The van der Waals surface area contributed by atoms with Crippen molar-refractivity contribution in [1.82, 2.24) is 14.8 Å². The van der Waals surface area contributed by atoms with Crippen molar-refractivity contribution >= 4 is 22.4 Å². The fourth-order valence-corrected chi connectivity index (χ4v) is 3.78. The Kier molecular flexibility index (Phi) is 5.18. The lowest BCUT2D eigenvalue weighted by molar-refractivity contribution is 0.101. The number of rotatable bonds is 4. The number of carbonyl (C=O) groups excluding carboxylic acids is 1. The zero-order chi connectivity index (χ0) is 22.9. The molecule has 5 aromatic rings. The summed E-state index contributed by atoms with van der Waals surface area (Å²) in [4.78, 5) is 17.6. The first-order chi connectivity index (χ1) is 16.0. The lowest BCUT2D eigenvalue weighted by Gasteiger charge is -2.11. The third-order valence-corrected chi connectivity index (χ3v) is 5.72. The van der Waals surface area contributed by atoms with Crippen molar-refractivity contribution in [2.24, 2.45) is 0 Å². The smallest absolute Gasteiger partial charge is 0.295 e. The molecule has 4 aromatic carbocycles. The minimum Gasteiger partial charge on any atom is -0.319 e. The molecule has 1 heterocycles. The highest BCUT2D eigenvalue weighted by molar-refractivity contribution is 6.03. The Bertz CT molecular complexity index is 1490. The van der Waals surface area contributed by atoms with Crippen LogP contribution in [0, 0.1) is 19.7 Å². The maximum atomic E-state index is 13.5. The van der Waals surface area contributed by atoms with Crippen LogP contribution in [-0.4, -0.2) is 20.7 Å². The number of amides is 1. The summed E-state index contributed by atoms with van der Waals surface area (Å²) in [5, 5.41) is 9.54. The van der Waals surface area contributed by atoms with Crippen molar-refractivity contribution in [1.29, 1.82) is 0 Å². The van der Waals surface area contributed by atoms with Crippen LogP contribution in [-0.2, 0) is 0 Å². The molecule has 0 unspecified atom stereocenters. The first-order valence-corrected chi connectivity index (χ1v) is 10.6. The van der Waals surface area contributed by atoms with E-state index in [-0.39, 0.29) is 11.6 Å². The molecule has 0 saturated heterocycles. The van der Waals surface area contributed by atoms with E-state index in [2.05, 4.69) is 15.4 Å². The predicted octanol–water partition coefficient (Wildman–Crippen LogP) is 6.10. The highest BCUT2D eigenvalue weighted by atomic mass is 19.1. The van der Waals surface area contributed by atoms with E-state index < -0.39 is 5.91 Å². The van der Waals surface area contributed by atoms with E-state index in [1.165, 1.54) is 12.1 Å². The van der Waals surface area contributed by atoms with Gasteiger partial charge in [0.15, 0.2) is 5.82 Å². The molecular formula is C27H21FN4O. The Morgan fingerprint density at radius 1 is 0.879 bits per heavy atom. The molecule has 0 aliphatic carbocycles. The average Bonchev–Trinajstić information content (AvgIpc) is 3.27. The van der Waals surface area contributed by atoms with Crippen LogP contribution >= 0.6 is 0 Å². The molecule has 162 valence electrons. The summed E-state index contributed by atoms with van der Waals surface area (Å²) in [6.07, 6.45) is 0. The number of benzene rings is 4. The van der Waals surface area contributed by atoms with Crippen LogP contribution < -0.4 is 5.32 Å². The largest absolute Gasteiger partial charge is 0.319 e. The van der Waals surface area contributed by atoms with Gasteiger partial charge in [0, 0.05) is 11.3 Å². The van der Waals surface area contributed by atoms with Gasteiger partial charge < -0.3 is 5.32 Å². The molecular weight excluding hydrogens is 415 g/mol. The van der Waals surface area contributed by atoms with Crippen LogP contribution in [0.4, 0.5) is 10.1 Å². The van der Waals surface area contributed by atoms with Crippen molar-refractivity contribution in [2.45, 2.75) is 13.8 Å². The zero-order valence-corrected chi connectivity index (χ0v) is 18.2. The molecule has 1 N–H and O–H groups in total. The number of nitrogens with zero attached hydrogens (tertiary/aromatic N) is 3. The van der Waals surface area contributed by atoms with Gasteiger partial charge in [0.05, 0.1) is 5.69 Å². The summed E-state index contributed by atoms with van der Waals surface area (Å²) >= 11 is 0. The Morgan fingerprint density at radius 2 is 1.64 bits per heavy atom. The second kappa shape index (κ2) is 8.31. The first-order valence-electron chi connectivity index (χ1n) is 10.6. The molecule has 5 nitrogen and oxygen atoms in total. The number of aromatic nitrogens is 3. The zero-order valence-electron chi connectivity index (χ0n) is 18.2. The number of fused-ring (bicyclic) bond motifs is 1. The summed E-state index contributed by atoms with van der Waals surface area (Å²) < 4.78 is 15.2. The topological polar surface area (TPSA) is 59.8 Å². The van der Waals surface area contributed by atoms with Gasteiger partial charge in [-0.2, -0.15) is 0 Å². The molecule has 0 aliphatic heterocycles. The number of hydrogen-bond acceptors (Lipinski definition) is 3. The van der Waals surface area contributed by atoms with Crippen LogP contribution in [0.1, 0.15) is 21.7 Å². The van der Waals surface area contributed by atoms with Crippen LogP contribution in [0.15, 0.2) is 84.9 Å². The summed E-state index contributed by atoms with van der Waals surface area (Å²) in [6.45, 7) is 4.01. The normalized spacial score (nSPS) is 11.0. The lowest BCUT2D eigenvalue weighted by Crippen LogP contribution is -2.14. The summed E-state index contributed by atoms with van der Waals surface area (Å²) in [5.41, 5.74) is 4.24. The fraction of sp³-hybridized carbons (Fsp3) is 0.0741. The molecule has 0 fully saturated rings. The monoisotopic (exact) mass is 436 g/mol. The van der Waals surface area contributed by atoms with E-state index in [0.717, 1.165) is 27.6 Å². The van der Waals surface area contributed by atoms with Gasteiger partial charge in [-0.25, -0.2) is 14.1 Å². The maximum absolute atomic E-state index is 13.5. The SMILES string of the molecule is Cc1cccc(-n2nc(C(=O)Nc3ccc4ccccc4c3)nc2-c2ccc(F)cc2)c1C. The molecule has 1 amide bonds. The van der Waals surface area contributed by atoms with Crippen molar-refractivity contribution < 1.29 is 9.18 Å². The summed E-state index contributed by atoms with van der Waals surface area (Å²) in [5.74, 6) is -0.265. The number of halogens is 1. The third kappa shape index (κ3) is 3.99. The quantitative estimate of drug-likeness (QED) is 0.371. The van der Waals surface area contributed by atoms with E-state index in [9.17, 15) is 9.18 Å². The van der Waals surface area contributed by atoms with Crippen LogP contribution in [0.2, 0.25) is 0 Å². The highest BCUT2D eigenvalue weighted by Gasteiger charge is 2.20. The van der Waals surface area contributed by atoms with E-state index >= 15 is 0 Å². The fourth-order valence-electron chi connectivity index (χ4n) is 3.78. The summed E-state index contributed by atoms with van der Waals surface area (Å²) in [7, 11) is 0. The minimum absolute atomic E-state index is 0.0309. The van der Waals surface area contributed by atoms with Crippen molar-refractivity contribution in [3.63, 3.8) is 0 Å². The standard InChI is InChI=1S/C27H21FN4O/c1-17-6-5-9-24(18(17)2)32-26(20-10-13-22(28)14-11-20)30-25(31-32)27(33)29-23-15-12-19-7-3-4-8-21(19)16-23/h3-16H,1-2H3,(H,29,33). The molecule has 33 heavy (non-hydrogen) atoms. The van der Waals surface area contributed by atoms with Crippen LogP contribution in [0.25, 0.3) is 27.8 Å². The van der Waals surface area contributed by atoms with Gasteiger partial charge in [0.25, 0.3) is 5.91 Å². The van der Waals surface area contributed by atoms with Gasteiger partial charge in [0.1, 0.15) is 5.82 Å². The molecule has 1 aromatic heterocycles. The highest BCUT2D eigenvalue weighted by Crippen LogP contribution is 2.25. The van der Waals surface area contributed by atoms with E-state index in [4.69, 9.17) is 0 Å². The van der Waals surface area contributed by atoms with E-state index in [1.54, 1.807) is 16.8 Å². The van der Waals surface area contributed by atoms with Gasteiger partial charge >= 0.3 is 0 Å². The van der Waals surface area contributed by atoms with Gasteiger partial charge in [-0.15, -0.1) is 5.10 Å². The Labute approximate surface area is 190 Å². The molecule has 0 aliphatic rings. The second-order valence-electron chi connectivity index (χ2n) is 7.91. The molecule has 5 rings (SSSR count). The van der Waals surface area contributed by atoms with Crippen LogP contribution in [0.3, 0.4) is 0 Å². The lowest BCUT2D eigenvalue weighted by atomic mass is 10.1. The molecule has 0 saturated carbocycles. The predicted molar refractivity (Wildman–Crippen MR) is 128 cm³/mol. The summed E-state index contributed by atoms with van der Waals surface area (Å²) in [6, 6.07) is 25.5. The van der Waals surface area contributed by atoms with Gasteiger partial charge in [0.2, 0.25) is 5.82 Å². The van der Waals surface area contributed by atoms with Crippen LogP contribution in [0.5, 0.6) is 0 Å². The van der Waals surface area contributed by atoms with Gasteiger partial charge in [-0.3, -0.25) is 4.79 Å². The minimum atomic E-state index is -0.419. The average molecular weight is 436 g/mol. The van der Waals surface area contributed by atoms with E-state index in [0.29, 0.717) is 17.1 Å². The number of carbonyl (C=O) groups is 1. The molecule has 0 spiro atoms. The molecule has 6 heteroatoms. The second-order valence-corrected chi connectivity index (χ2v) is 7.91. The maximum Gasteiger partial charge on any atom is 0.295 e.